The van der Waals surface area contributed by atoms with Crippen molar-refractivity contribution in [1.29, 1.82) is 0 Å². The predicted molar refractivity (Wildman–Crippen MR) is 102 cm³/mol. The normalized spacial score (nSPS) is 38.6. The Balaban J connectivity index is 2.35. The highest BCUT2D eigenvalue weighted by atomic mass is 16.6. The molecule has 0 saturated carbocycles. The molecule has 25 heavy (non-hydrogen) atoms. The van der Waals surface area contributed by atoms with E-state index in [9.17, 15) is 4.79 Å². The van der Waals surface area contributed by atoms with E-state index < -0.39 is 5.60 Å². The summed E-state index contributed by atoms with van der Waals surface area (Å²) in [6.45, 7) is 12.6. The second-order valence-corrected chi connectivity index (χ2v) is 8.61. The lowest BCUT2D eigenvalue weighted by Gasteiger charge is -2.39. The summed E-state index contributed by atoms with van der Waals surface area (Å²) in [5, 5.41) is 0. The van der Waals surface area contributed by atoms with E-state index in [0.717, 1.165) is 44.9 Å². The fraction of sp³-hybridized carbons (Fsp3) is 0.773. The van der Waals surface area contributed by atoms with E-state index in [2.05, 4.69) is 46.8 Å². The molecule has 0 aromatic heterocycles. The number of rotatable bonds is 2. The Morgan fingerprint density at radius 2 is 1.88 bits per heavy atom. The van der Waals surface area contributed by atoms with Gasteiger partial charge in [0.15, 0.2) is 0 Å². The van der Waals surface area contributed by atoms with Gasteiger partial charge in [0.1, 0.15) is 11.7 Å². The Kier molecular flexibility index (Phi) is 6.53. The molecule has 2 aliphatic rings. The molecule has 0 aromatic rings. The maximum atomic E-state index is 11.7. The van der Waals surface area contributed by atoms with Crippen LogP contribution in [0.3, 0.4) is 0 Å². The zero-order valence-electron chi connectivity index (χ0n) is 17.0. The van der Waals surface area contributed by atoms with Crippen LogP contribution >= 0.6 is 0 Å². The van der Waals surface area contributed by atoms with Crippen LogP contribution in [0.25, 0.3) is 0 Å². The van der Waals surface area contributed by atoms with E-state index in [4.69, 9.17) is 9.47 Å². The standard InChI is InChI=1S/C22H36O3/c1-16(2)22-13-12-18(4)9-7-8-17(3)10-11-20(24-19(5)23)21(6,25-22)14-15-22/h8,12,16,20H,7,9-11,13-15H2,1-6H3/b17-8+,18-12-/t20-,21-,22?/m1/s1. The Morgan fingerprint density at radius 1 is 1.20 bits per heavy atom. The van der Waals surface area contributed by atoms with Gasteiger partial charge >= 0.3 is 5.97 Å². The highest BCUT2D eigenvalue weighted by molar-refractivity contribution is 5.66. The van der Waals surface area contributed by atoms with Crippen molar-refractivity contribution in [3.05, 3.63) is 23.3 Å². The van der Waals surface area contributed by atoms with Crippen molar-refractivity contribution in [3.8, 4) is 0 Å². The fourth-order valence-electron chi connectivity index (χ4n) is 4.18. The summed E-state index contributed by atoms with van der Waals surface area (Å²) in [7, 11) is 0. The van der Waals surface area contributed by atoms with Crippen LogP contribution in [-0.4, -0.2) is 23.3 Å². The lowest BCUT2D eigenvalue weighted by Crippen LogP contribution is -2.46. The molecule has 1 fully saturated rings. The summed E-state index contributed by atoms with van der Waals surface area (Å²) in [5.74, 6) is 0.222. The second kappa shape index (κ2) is 8.07. The van der Waals surface area contributed by atoms with Crippen LogP contribution in [0, 0.1) is 5.92 Å². The van der Waals surface area contributed by atoms with E-state index in [1.807, 2.05) is 0 Å². The van der Waals surface area contributed by atoms with Gasteiger partial charge in [-0.3, -0.25) is 4.79 Å². The lowest BCUT2D eigenvalue weighted by molar-refractivity contribution is -0.186. The fourth-order valence-corrected chi connectivity index (χ4v) is 4.18. The van der Waals surface area contributed by atoms with Crippen molar-refractivity contribution in [1.82, 2.24) is 0 Å². The molecule has 0 N–H and O–H groups in total. The van der Waals surface area contributed by atoms with Gasteiger partial charge in [0.25, 0.3) is 0 Å². The first-order valence-corrected chi connectivity index (χ1v) is 9.85. The van der Waals surface area contributed by atoms with Crippen LogP contribution in [-0.2, 0) is 14.3 Å². The number of hydrogen-bond donors (Lipinski definition) is 0. The predicted octanol–water partition coefficient (Wildman–Crippen LogP) is 5.74. The smallest absolute Gasteiger partial charge is 0.303 e. The summed E-state index contributed by atoms with van der Waals surface area (Å²) in [6, 6.07) is 0. The number of hydrogen-bond acceptors (Lipinski definition) is 3. The van der Waals surface area contributed by atoms with Gasteiger partial charge < -0.3 is 9.47 Å². The van der Waals surface area contributed by atoms with Crippen LogP contribution in [0.2, 0.25) is 0 Å². The number of esters is 1. The van der Waals surface area contributed by atoms with Crippen LogP contribution in [0.4, 0.5) is 0 Å². The van der Waals surface area contributed by atoms with Crippen molar-refractivity contribution < 1.29 is 14.3 Å². The molecule has 2 heterocycles. The summed E-state index contributed by atoms with van der Waals surface area (Å²) in [4.78, 5) is 11.7. The van der Waals surface area contributed by atoms with E-state index >= 15 is 0 Å². The SMILES string of the molecule is CC(=O)O[C@@H]1CC/C(C)=C/CC/C(C)=C\CC2(C(C)C)CC[C@@]1(C)O2. The molecule has 2 rings (SSSR count). The molecule has 3 atom stereocenters. The van der Waals surface area contributed by atoms with Gasteiger partial charge in [-0.2, -0.15) is 0 Å². The third-order valence-electron chi connectivity index (χ3n) is 6.15. The maximum Gasteiger partial charge on any atom is 0.303 e. The zero-order chi connectivity index (χ0) is 18.7. The third kappa shape index (κ3) is 4.97. The van der Waals surface area contributed by atoms with Gasteiger partial charge in [0, 0.05) is 6.92 Å². The number of ether oxygens (including phenoxy) is 2. The van der Waals surface area contributed by atoms with Crippen molar-refractivity contribution in [2.24, 2.45) is 5.92 Å². The second-order valence-electron chi connectivity index (χ2n) is 8.61. The topological polar surface area (TPSA) is 35.5 Å². The minimum absolute atomic E-state index is 0.148. The zero-order valence-corrected chi connectivity index (χ0v) is 17.0. The summed E-state index contributed by atoms with van der Waals surface area (Å²) < 4.78 is 12.5. The Hall–Kier alpha value is -1.09. The van der Waals surface area contributed by atoms with Crippen LogP contribution in [0.5, 0.6) is 0 Å². The minimum atomic E-state index is -0.397. The van der Waals surface area contributed by atoms with E-state index in [1.54, 1.807) is 0 Å². The van der Waals surface area contributed by atoms with Gasteiger partial charge in [-0.25, -0.2) is 0 Å². The maximum absolute atomic E-state index is 11.7. The van der Waals surface area contributed by atoms with E-state index in [-0.39, 0.29) is 17.7 Å². The molecule has 1 unspecified atom stereocenters. The largest absolute Gasteiger partial charge is 0.459 e. The monoisotopic (exact) mass is 348 g/mol. The van der Waals surface area contributed by atoms with Gasteiger partial charge in [-0.15, -0.1) is 0 Å². The first kappa shape index (κ1) is 20.2. The average Bonchev–Trinajstić information content (AvgIpc) is 2.88. The summed E-state index contributed by atoms with van der Waals surface area (Å²) >= 11 is 0. The molecule has 2 aliphatic heterocycles. The van der Waals surface area contributed by atoms with Gasteiger partial charge in [-0.1, -0.05) is 37.1 Å². The van der Waals surface area contributed by atoms with Crippen LogP contribution < -0.4 is 0 Å². The van der Waals surface area contributed by atoms with Crippen molar-refractivity contribution >= 4 is 5.97 Å². The summed E-state index contributed by atoms with van der Waals surface area (Å²) in [6.07, 6.45) is 11.4. The molecule has 0 radical (unpaired) electrons. The Morgan fingerprint density at radius 3 is 2.52 bits per heavy atom. The van der Waals surface area contributed by atoms with Gasteiger partial charge in [-0.05, 0) is 71.6 Å². The Bertz CT molecular complexity index is 545. The first-order valence-electron chi connectivity index (χ1n) is 9.85. The Labute approximate surface area is 153 Å². The lowest BCUT2D eigenvalue weighted by atomic mass is 9.82. The highest BCUT2D eigenvalue weighted by Crippen LogP contribution is 2.48. The number of carbonyl (C=O) groups is 1. The quantitative estimate of drug-likeness (QED) is 0.471. The number of fused-ring (bicyclic) bond motifs is 2. The van der Waals surface area contributed by atoms with Crippen molar-refractivity contribution in [2.75, 3.05) is 0 Å². The molecular formula is C22H36O3. The van der Waals surface area contributed by atoms with Gasteiger partial charge in [0.05, 0.1) is 5.60 Å². The molecule has 0 aliphatic carbocycles. The highest BCUT2D eigenvalue weighted by Gasteiger charge is 2.52. The minimum Gasteiger partial charge on any atom is -0.459 e. The average molecular weight is 349 g/mol. The molecule has 0 spiro atoms. The third-order valence-corrected chi connectivity index (χ3v) is 6.15. The molecule has 2 bridgehead atoms. The van der Waals surface area contributed by atoms with Crippen LogP contribution in [0.1, 0.15) is 86.5 Å². The molecule has 3 nitrogen and oxygen atoms in total. The first-order chi connectivity index (χ1) is 11.7. The number of allylic oxidation sites excluding steroid dienone is 3. The number of carbonyl (C=O) groups excluding carboxylic acids is 1. The van der Waals surface area contributed by atoms with Crippen molar-refractivity contribution in [2.45, 2.75) is 104 Å². The van der Waals surface area contributed by atoms with Crippen LogP contribution in [0.15, 0.2) is 23.3 Å². The summed E-state index contributed by atoms with van der Waals surface area (Å²) in [5.41, 5.74) is 2.27. The van der Waals surface area contributed by atoms with Crippen molar-refractivity contribution in [3.63, 3.8) is 0 Å². The molecule has 0 aromatic carbocycles. The molecular weight excluding hydrogens is 312 g/mol. The van der Waals surface area contributed by atoms with E-state index in [0.29, 0.717) is 5.92 Å². The molecule has 142 valence electrons. The molecule has 1 saturated heterocycles. The van der Waals surface area contributed by atoms with Gasteiger partial charge in [0.2, 0.25) is 0 Å². The molecule has 3 heteroatoms. The molecule has 0 amide bonds. The van der Waals surface area contributed by atoms with E-state index in [1.165, 1.54) is 18.1 Å².